The van der Waals surface area contributed by atoms with Gasteiger partial charge in [-0.3, -0.25) is 9.20 Å². The van der Waals surface area contributed by atoms with Gasteiger partial charge in [0, 0.05) is 17.7 Å². The average molecular weight is 250 g/mol. The summed E-state index contributed by atoms with van der Waals surface area (Å²) in [5.74, 6) is 0. The first-order valence-electron chi connectivity index (χ1n) is 5.81. The number of hydrogen-bond donors (Lipinski definition) is 0. The van der Waals surface area contributed by atoms with Gasteiger partial charge in [-0.25, -0.2) is 4.98 Å². The number of aldehydes is 1. The predicted octanol–water partition coefficient (Wildman–Crippen LogP) is 2.23. The summed E-state index contributed by atoms with van der Waals surface area (Å²) in [5.41, 5.74) is 2.71. The summed E-state index contributed by atoms with van der Waals surface area (Å²) < 4.78 is 7.11. The van der Waals surface area contributed by atoms with Crippen LogP contribution in [0.1, 0.15) is 39.6 Å². The number of hydrogen-bond acceptors (Lipinski definition) is 4. The molecule has 4 nitrogen and oxygen atoms in total. The number of nitrogens with zero attached hydrogens (tertiary/aromatic N) is 2. The third-order valence-corrected chi connectivity index (χ3v) is 4.37. The monoisotopic (exact) mass is 250 g/mol. The summed E-state index contributed by atoms with van der Waals surface area (Å²) in [6, 6.07) is 0. The van der Waals surface area contributed by atoms with E-state index in [4.69, 9.17) is 4.74 Å². The maximum Gasteiger partial charge on any atom is 0.195 e. The lowest BCUT2D eigenvalue weighted by atomic mass is 10.0. The number of fused-ring (bicyclic) bond motifs is 3. The van der Waals surface area contributed by atoms with Gasteiger partial charge in [-0.2, -0.15) is 0 Å². The topological polar surface area (TPSA) is 43.6 Å². The average Bonchev–Trinajstić information content (AvgIpc) is 2.84. The highest BCUT2D eigenvalue weighted by Crippen LogP contribution is 2.31. The van der Waals surface area contributed by atoms with E-state index >= 15 is 0 Å². The van der Waals surface area contributed by atoms with Crippen molar-refractivity contribution in [2.75, 3.05) is 7.11 Å². The van der Waals surface area contributed by atoms with Crippen LogP contribution >= 0.6 is 11.3 Å². The predicted molar refractivity (Wildman–Crippen MR) is 65.8 cm³/mol. The van der Waals surface area contributed by atoms with Crippen molar-refractivity contribution in [2.45, 2.75) is 32.3 Å². The number of thiazole rings is 1. The zero-order valence-electron chi connectivity index (χ0n) is 9.73. The highest BCUT2D eigenvalue weighted by molar-refractivity contribution is 7.17. The van der Waals surface area contributed by atoms with E-state index in [0.717, 1.165) is 29.8 Å². The van der Waals surface area contributed by atoms with Crippen LogP contribution in [0.5, 0.6) is 0 Å². The minimum Gasteiger partial charge on any atom is -0.378 e. The van der Waals surface area contributed by atoms with E-state index in [0.29, 0.717) is 12.3 Å². The molecule has 0 radical (unpaired) electrons. The Morgan fingerprint density at radius 2 is 2.29 bits per heavy atom. The maximum absolute atomic E-state index is 11.2. The Kier molecular flexibility index (Phi) is 2.72. The van der Waals surface area contributed by atoms with Crippen molar-refractivity contribution in [3.63, 3.8) is 0 Å². The first-order chi connectivity index (χ1) is 8.35. The Morgan fingerprint density at radius 1 is 1.47 bits per heavy atom. The second-order valence-corrected chi connectivity index (χ2v) is 5.35. The molecule has 0 spiro atoms. The van der Waals surface area contributed by atoms with Crippen molar-refractivity contribution in [2.24, 2.45) is 0 Å². The number of aryl methyl sites for hydroxylation is 2. The molecule has 17 heavy (non-hydrogen) atoms. The molecule has 0 aromatic carbocycles. The van der Waals surface area contributed by atoms with Crippen LogP contribution in [0.15, 0.2) is 0 Å². The molecular weight excluding hydrogens is 236 g/mol. The van der Waals surface area contributed by atoms with Gasteiger partial charge in [0.25, 0.3) is 0 Å². The quantitative estimate of drug-likeness (QED) is 0.785. The number of aromatic nitrogens is 2. The van der Waals surface area contributed by atoms with Gasteiger partial charge >= 0.3 is 0 Å². The second-order valence-electron chi connectivity index (χ2n) is 4.29. The number of methoxy groups -OCH3 is 1. The van der Waals surface area contributed by atoms with E-state index < -0.39 is 0 Å². The van der Waals surface area contributed by atoms with Gasteiger partial charge in [-0.1, -0.05) is 0 Å². The van der Waals surface area contributed by atoms with Crippen LogP contribution in [0, 0.1) is 0 Å². The fourth-order valence-corrected chi connectivity index (χ4v) is 3.70. The van der Waals surface area contributed by atoms with Crippen LogP contribution in [0.25, 0.3) is 4.96 Å². The van der Waals surface area contributed by atoms with Gasteiger partial charge in [0.1, 0.15) is 5.69 Å². The largest absolute Gasteiger partial charge is 0.378 e. The summed E-state index contributed by atoms with van der Waals surface area (Å²) in [4.78, 5) is 18.1. The number of carbonyl (C=O) groups excluding carboxylic acids is 1. The lowest BCUT2D eigenvalue weighted by Gasteiger charge is -2.10. The Bertz CT molecular complexity index is 571. The number of carbonyl (C=O) groups is 1. The molecule has 2 aromatic rings. The number of rotatable bonds is 3. The van der Waals surface area contributed by atoms with Crippen LogP contribution in [0.3, 0.4) is 0 Å². The molecular formula is C12H14N2O2S. The van der Waals surface area contributed by atoms with Gasteiger partial charge in [0.05, 0.1) is 12.3 Å². The molecule has 0 atom stereocenters. The molecule has 2 aromatic heterocycles. The van der Waals surface area contributed by atoms with Gasteiger partial charge in [-0.05, 0) is 25.7 Å². The van der Waals surface area contributed by atoms with Crippen molar-refractivity contribution in [1.29, 1.82) is 0 Å². The minimum absolute atomic E-state index is 0.400. The summed E-state index contributed by atoms with van der Waals surface area (Å²) >= 11 is 1.71. The van der Waals surface area contributed by atoms with Crippen molar-refractivity contribution in [3.05, 3.63) is 22.0 Å². The molecule has 0 amide bonds. The Balaban J connectivity index is 2.22. The standard InChI is InChI=1S/C12H14N2O2S/c1-16-7-8-10(6-15)14-9-4-2-3-5-11(9)17-12(14)13-8/h6H,2-5,7H2,1H3. The third-order valence-electron chi connectivity index (χ3n) is 3.22. The van der Waals surface area contributed by atoms with Gasteiger partial charge in [0.2, 0.25) is 0 Å². The second kappa shape index (κ2) is 4.23. The molecule has 90 valence electrons. The smallest absolute Gasteiger partial charge is 0.195 e. The fourth-order valence-electron chi connectivity index (χ4n) is 2.47. The van der Waals surface area contributed by atoms with Crippen LogP contribution in [0.4, 0.5) is 0 Å². The highest BCUT2D eigenvalue weighted by atomic mass is 32.1. The maximum atomic E-state index is 11.2. The molecule has 0 saturated heterocycles. The molecule has 0 N–H and O–H groups in total. The van der Waals surface area contributed by atoms with E-state index in [1.54, 1.807) is 18.4 Å². The van der Waals surface area contributed by atoms with E-state index in [2.05, 4.69) is 4.98 Å². The van der Waals surface area contributed by atoms with E-state index in [1.165, 1.54) is 23.4 Å². The van der Waals surface area contributed by atoms with E-state index in [-0.39, 0.29) is 0 Å². The molecule has 0 aliphatic heterocycles. The summed E-state index contributed by atoms with van der Waals surface area (Å²) in [6.07, 6.45) is 5.53. The van der Waals surface area contributed by atoms with E-state index in [1.807, 2.05) is 4.40 Å². The summed E-state index contributed by atoms with van der Waals surface area (Å²) in [7, 11) is 1.62. The van der Waals surface area contributed by atoms with Crippen LogP contribution in [-0.4, -0.2) is 22.8 Å². The van der Waals surface area contributed by atoms with Crippen molar-refractivity contribution < 1.29 is 9.53 Å². The summed E-state index contributed by atoms with van der Waals surface area (Å²) in [6.45, 7) is 0.400. The first kappa shape index (κ1) is 10.9. The molecule has 3 rings (SSSR count). The van der Waals surface area contributed by atoms with Crippen molar-refractivity contribution >= 4 is 22.6 Å². The Morgan fingerprint density at radius 3 is 3.06 bits per heavy atom. The van der Waals surface area contributed by atoms with Crippen LogP contribution in [0.2, 0.25) is 0 Å². The van der Waals surface area contributed by atoms with Crippen LogP contribution < -0.4 is 0 Å². The highest BCUT2D eigenvalue weighted by Gasteiger charge is 2.21. The van der Waals surface area contributed by atoms with Crippen molar-refractivity contribution in [1.82, 2.24) is 9.38 Å². The lowest BCUT2D eigenvalue weighted by molar-refractivity contribution is 0.111. The molecule has 5 heteroatoms. The third kappa shape index (κ3) is 1.61. The molecule has 0 saturated carbocycles. The zero-order chi connectivity index (χ0) is 11.8. The minimum atomic E-state index is 0.400. The molecule has 0 fully saturated rings. The first-order valence-corrected chi connectivity index (χ1v) is 6.62. The molecule has 0 unspecified atom stereocenters. The number of ether oxygens (including phenoxy) is 1. The molecule has 2 heterocycles. The molecule has 1 aliphatic carbocycles. The van der Waals surface area contributed by atoms with E-state index in [9.17, 15) is 4.79 Å². The Labute approximate surface area is 103 Å². The van der Waals surface area contributed by atoms with Gasteiger partial charge in [0.15, 0.2) is 11.2 Å². The SMILES string of the molecule is COCc1nc2sc3c(n2c1C=O)CCCC3. The lowest BCUT2D eigenvalue weighted by Crippen LogP contribution is -2.05. The Hall–Kier alpha value is -1.20. The molecule has 1 aliphatic rings. The normalized spacial score (nSPS) is 15.1. The summed E-state index contributed by atoms with van der Waals surface area (Å²) in [5, 5.41) is 0. The van der Waals surface area contributed by atoms with Gasteiger partial charge in [-0.15, -0.1) is 11.3 Å². The number of imidazole rings is 1. The fraction of sp³-hybridized carbons (Fsp3) is 0.500. The van der Waals surface area contributed by atoms with Gasteiger partial charge < -0.3 is 4.74 Å². The van der Waals surface area contributed by atoms with Crippen molar-refractivity contribution in [3.8, 4) is 0 Å². The van der Waals surface area contributed by atoms with Crippen LogP contribution in [-0.2, 0) is 24.2 Å². The molecule has 0 bridgehead atoms. The zero-order valence-corrected chi connectivity index (χ0v) is 10.5.